The van der Waals surface area contributed by atoms with Crippen molar-refractivity contribution in [3.63, 3.8) is 0 Å². The van der Waals surface area contributed by atoms with E-state index in [0.717, 1.165) is 23.9 Å². The van der Waals surface area contributed by atoms with E-state index in [9.17, 15) is 4.79 Å². The minimum atomic E-state index is -0.824. The number of rotatable bonds is 9. The van der Waals surface area contributed by atoms with Crippen LogP contribution in [0, 0.1) is 11.8 Å². The third-order valence-corrected chi connectivity index (χ3v) is 5.26. The van der Waals surface area contributed by atoms with Crippen LogP contribution in [0.1, 0.15) is 47.0 Å². The standard InChI is InChI=1S/C22H36N2O3/c1-17(2)15-22(4,26-5)21(25)23-19-8-10-20(11-9-19)27-14-13-24-12-6-7-18(3)16-24/h8-11,17-18H,6-7,12-16H2,1-5H3,(H,23,25)/t18-,22+/m0/s1. The van der Waals surface area contributed by atoms with Crippen LogP contribution in [0.3, 0.4) is 0 Å². The van der Waals surface area contributed by atoms with E-state index >= 15 is 0 Å². The van der Waals surface area contributed by atoms with E-state index in [2.05, 4.69) is 31.0 Å². The normalized spacial score (nSPS) is 20.3. The lowest BCUT2D eigenvalue weighted by Crippen LogP contribution is -2.43. The molecule has 5 nitrogen and oxygen atoms in total. The van der Waals surface area contributed by atoms with Crippen LogP contribution in [-0.2, 0) is 9.53 Å². The van der Waals surface area contributed by atoms with Crippen molar-refractivity contribution in [1.29, 1.82) is 0 Å². The molecule has 2 atom stereocenters. The first-order chi connectivity index (χ1) is 12.8. The molecule has 1 saturated heterocycles. The molecule has 0 aromatic heterocycles. The summed E-state index contributed by atoms with van der Waals surface area (Å²) in [6.45, 7) is 12.3. The third kappa shape index (κ3) is 6.82. The lowest BCUT2D eigenvalue weighted by Gasteiger charge is -2.30. The molecule has 27 heavy (non-hydrogen) atoms. The maximum atomic E-state index is 12.6. The van der Waals surface area contributed by atoms with Gasteiger partial charge in [0.2, 0.25) is 0 Å². The first kappa shape index (κ1) is 21.7. The van der Waals surface area contributed by atoms with E-state index in [1.54, 1.807) is 7.11 Å². The number of carbonyl (C=O) groups is 1. The molecule has 1 aliphatic heterocycles. The van der Waals surface area contributed by atoms with Crippen LogP contribution in [-0.4, -0.2) is 49.8 Å². The second-order valence-electron chi connectivity index (χ2n) is 8.41. The molecule has 0 unspecified atom stereocenters. The van der Waals surface area contributed by atoms with Crippen LogP contribution in [0.15, 0.2) is 24.3 Å². The summed E-state index contributed by atoms with van der Waals surface area (Å²) in [4.78, 5) is 15.1. The predicted octanol–water partition coefficient (Wildman–Crippen LogP) is 4.19. The number of nitrogens with one attached hydrogen (secondary N) is 1. The van der Waals surface area contributed by atoms with E-state index in [4.69, 9.17) is 9.47 Å². The van der Waals surface area contributed by atoms with Gasteiger partial charge in [-0.05, 0) is 68.8 Å². The van der Waals surface area contributed by atoms with E-state index in [1.165, 1.54) is 25.9 Å². The van der Waals surface area contributed by atoms with Gasteiger partial charge >= 0.3 is 0 Å². The van der Waals surface area contributed by atoms with Gasteiger partial charge in [-0.25, -0.2) is 0 Å². The minimum Gasteiger partial charge on any atom is -0.492 e. The molecule has 0 bridgehead atoms. The van der Waals surface area contributed by atoms with Crippen LogP contribution in [0.5, 0.6) is 5.75 Å². The summed E-state index contributed by atoms with van der Waals surface area (Å²) in [5.74, 6) is 1.87. The average molecular weight is 377 g/mol. The van der Waals surface area contributed by atoms with Gasteiger partial charge in [-0.1, -0.05) is 20.8 Å². The SMILES string of the molecule is CO[C@](C)(CC(C)C)C(=O)Nc1ccc(OCCN2CCC[C@H](C)C2)cc1. The van der Waals surface area contributed by atoms with Gasteiger partial charge in [0.25, 0.3) is 5.91 Å². The van der Waals surface area contributed by atoms with E-state index in [1.807, 2.05) is 31.2 Å². The fourth-order valence-electron chi connectivity index (χ4n) is 3.73. The number of methoxy groups -OCH3 is 1. The zero-order chi connectivity index (χ0) is 19.9. The summed E-state index contributed by atoms with van der Waals surface area (Å²) in [6, 6.07) is 7.56. The quantitative estimate of drug-likeness (QED) is 0.702. The summed E-state index contributed by atoms with van der Waals surface area (Å²) in [5, 5.41) is 2.95. The highest BCUT2D eigenvalue weighted by atomic mass is 16.5. The fraction of sp³-hybridized carbons (Fsp3) is 0.682. The fourth-order valence-corrected chi connectivity index (χ4v) is 3.73. The van der Waals surface area contributed by atoms with Gasteiger partial charge < -0.3 is 14.8 Å². The van der Waals surface area contributed by atoms with Gasteiger partial charge in [0.15, 0.2) is 0 Å². The molecule has 1 amide bonds. The van der Waals surface area contributed by atoms with Crippen LogP contribution in [0.2, 0.25) is 0 Å². The Hall–Kier alpha value is -1.59. The van der Waals surface area contributed by atoms with Crippen molar-refractivity contribution in [3.8, 4) is 5.75 Å². The number of hydrogen-bond donors (Lipinski definition) is 1. The summed E-state index contributed by atoms with van der Waals surface area (Å²) in [5.41, 5.74) is -0.0706. The van der Waals surface area contributed by atoms with Gasteiger partial charge in [0.05, 0.1) is 0 Å². The Morgan fingerprint density at radius 2 is 2.04 bits per heavy atom. The van der Waals surface area contributed by atoms with Gasteiger partial charge in [-0.3, -0.25) is 9.69 Å². The minimum absolute atomic E-state index is 0.119. The number of amides is 1. The molecule has 1 aromatic carbocycles. The monoisotopic (exact) mass is 376 g/mol. The van der Waals surface area contributed by atoms with Gasteiger partial charge in [-0.2, -0.15) is 0 Å². The number of anilines is 1. The molecule has 1 N–H and O–H groups in total. The molecule has 0 spiro atoms. The summed E-state index contributed by atoms with van der Waals surface area (Å²) >= 11 is 0. The Balaban J connectivity index is 1.81. The van der Waals surface area contributed by atoms with Crippen LogP contribution >= 0.6 is 0 Å². The van der Waals surface area contributed by atoms with Crippen LogP contribution in [0.4, 0.5) is 5.69 Å². The molecule has 1 aromatic rings. The van der Waals surface area contributed by atoms with Crippen molar-refractivity contribution in [3.05, 3.63) is 24.3 Å². The number of likely N-dealkylation sites (tertiary alicyclic amines) is 1. The number of carbonyl (C=O) groups excluding carboxylic acids is 1. The Morgan fingerprint density at radius 3 is 2.63 bits per heavy atom. The second-order valence-corrected chi connectivity index (χ2v) is 8.41. The predicted molar refractivity (Wildman–Crippen MR) is 110 cm³/mol. The largest absolute Gasteiger partial charge is 0.492 e. The van der Waals surface area contributed by atoms with E-state index < -0.39 is 5.60 Å². The number of piperidine rings is 1. The van der Waals surface area contributed by atoms with E-state index in [0.29, 0.717) is 18.9 Å². The van der Waals surface area contributed by atoms with Crippen molar-refractivity contribution >= 4 is 11.6 Å². The first-order valence-corrected chi connectivity index (χ1v) is 10.1. The lowest BCUT2D eigenvalue weighted by molar-refractivity contribution is -0.137. The number of hydrogen-bond acceptors (Lipinski definition) is 4. The molecule has 0 aliphatic carbocycles. The molecule has 1 fully saturated rings. The Kier molecular flexibility index (Phi) is 8.11. The van der Waals surface area contributed by atoms with Gasteiger partial charge in [0, 0.05) is 25.9 Å². The van der Waals surface area contributed by atoms with Crippen molar-refractivity contribution in [2.75, 3.05) is 38.7 Å². The molecule has 152 valence electrons. The number of benzene rings is 1. The second kappa shape index (κ2) is 10.1. The molecule has 1 heterocycles. The smallest absolute Gasteiger partial charge is 0.256 e. The number of nitrogens with zero attached hydrogens (tertiary/aromatic N) is 1. The Labute approximate surface area is 164 Å². The average Bonchev–Trinajstić information content (AvgIpc) is 2.62. The molecule has 0 radical (unpaired) electrons. The maximum Gasteiger partial charge on any atom is 0.256 e. The maximum absolute atomic E-state index is 12.6. The zero-order valence-corrected chi connectivity index (χ0v) is 17.6. The topological polar surface area (TPSA) is 50.8 Å². The molecular weight excluding hydrogens is 340 g/mol. The Bertz CT molecular complexity index is 588. The zero-order valence-electron chi connectivity index (χ0n) is 17.6. The highest BCUT2D eigenvalue weighted by molar-refractivity contribution is 5.97. The molecule has 1 aliphatic rings. The lowest BCUT2D eigenvalue weighted by atomic mass is 9.93. The number of ether oxygens (including phenoxy) is 2. The van der Waals surface area contributed by atoms with Crippen molar-refractivity contribution in [2.24, 2.45) is 11.8 Å². The molecular formula is C22H36N2O3. The first-order valence-electron chi connectivity index (χ1n) is 10.1. The highest BCUT2D eigenvalue weighted by Crippen LogP contribution is 2.23. The van der Waals surface area contributed by atoms with Crippen LogP contribution < -0.4 is 10.1 Å². The summed E-state index contributed by atoms with van der Waals surface area (Å²) in [7, 11) is 1.59. The van der Waals surface area contributed by atoms with Gasteiger partial charge in [-0.15, -0.1) is 0 Å². The van der Waals surface area contributed by atoms with Crippen molar-refractivity contribution < 1.29 is 14.3 Å². The molecule has 5 heteroatoms. The highest BCUT2D eigenvalue weighted by Gasteiger charge is 2.33. The molecule has 0 saturated carbocycles. The third-order valence-electron chi connectivity index (χ3n) is 5.26. The summed E-state index contributed by atoms with van der Waals surface area (Å²) in [6.07, 6.45) is 3.29. The van der Waals surface area contributed by atoms with Crippen molar-refractivity contribution in [2.45, 2.75) is 52.6 Å². The Morgan fingerprint density at radius 1 is 1.33 bits per heavy atom. The van der Waals surface area contributed by atoms with E-state index in [-0.39, 0.29) is 5.91 Å². The summed E-state index contributed by atoms with van der Waals surface area (Å²) < 4.78 is 11.3. The van der Waals surface area contributed by atoms with Crippen LogP contribution in [0.25, 0.3) is 0 Å². The van der Waals surface area contributed by atoms with Crippen molar-refractivity contribution in [1.82, 2.24) is 4.90 Å². The van der Waals surface area contributed by atoms with Gasteiger partial charge in [0.1, 0.15) is 18.0 Å². The molecule has 2 rings (SSSR count).